The summed E-state index contributed by atoms with van der Waals surface area (Å²) in [4.78, 5) is 11.7. The zero-order chi connectivity index (χ0) is 11.4. The van der Waals surface area contributed by atoms with Crippen molar-refractivity contribution in [2.45, 2.75) is 0 Å². The highest BCUT2D eigenvalue weighted by Gasteiger charge is 2.06. The lowest BCUT2D eigenvalue weighted by molar-refractivity contribution is 0.102. The summed E-state index contributed by atoms with van der Waals surface area (Å²) in [6.07, 6.45) is 0. The molecular formula is C13H9FNO. The lowest BCUT2D eigenvalue weighted by Gasteiger charge is -2.04. The Morgan fingerprint density at radius 2 is 2.06 bits per heavy atom. The van der Waals surface area contributed by atoms with E-state index in [0.29, 0.717) is 5.69 Å². The second-order valence-corrected chi connectivity index (χ2v) is 3.24. The molecular weight excluding hydrogens is 205 g/mol. The summed E-state index contributed by atoms with van der Waals surface area (Å²) in [7, 11) is 0. The molecule has 0 aliphatic carbocycles. The van der Waals surface area contributed by atoms with Gasteiger partial charge in [-0.2, -0.15) is 0 Å². The maximum Gasteiger partial charge on any atom is 0.255 e. The summed E-state index contributed by atoms with van der Waals surface area (Å²) in [5.41, 5.74) is 0.856. The molecule has 1 radical (unpaired) electrons. The lowest BCUT2D eigenvalue weighted by Crippen LogP contribution is -2.11. The van der Waals surface area contributed by atoms with E-state index in [2.05, 4.69) is 11.4 Å². The third-order valence-corrected chi connectivity index (χ3v) is 2.04. The van der Waals surface area contributed by atoms with Crippen molar-refractivity contribution in [1.82, 2.24) is 0 Å². The SMILES string of the molecule is O=C(Nc1[c]cccc1)c1cccc(F)c1. The molecule has 2 aromatic rings. The third kappa shape index (κ3) is 2.45. The largest absolute Gasteiger partial charge is 0.321 e. The van der Waals surface area contributed by atoms with E-state index < -0.39 is 5.82 Å². The number of hydrogen-bond donors (Lipinski definition) is 1. The summed E-state index contributed by atoms with van der Waals surface area (Å²) >= 11 is 0. The highest BCUT2D eigenvalue weighted by molar-refractivity contribution is 6.04. The van der Waals surface area contributed by atoms with E-state index in [1.165, 1.54) is 18.2 Å². The van der Waals surface area contributed by atoms with Gasteiger partial charge in [0.1, 0.15) is 5.82 Å². The molecule has 2 aromatic carbocycles. The Bertz CT molecular complexity index is 496. The van der Waals surface area contributed by atoms with Gasteiger partial charge in [-0.25, -0.2) is 4.39 Å². The molecule has 0 spiro atoms. The average molecular weight is 214 g/mol. The smallest absolute Gasteiger partial charge is 0.255 e. The van der Waals surface area contributed by atoms with Gasteiger partial charge in [0.25, 0.3) is 5.91 Å². The Kier molecular flexibility index (Phi) is 2.96. The number of halogens is 1. The van der Waals surface area contributed by atoms with Crippen LogP contribution in [0.15, 0.2) is 48.5 Å². The van der Waals surface area contributed by atoms with Gasteiger partial charge in [-0.3, -0.25) is 4.79 Å². The van der Waals surface area contributed by atoms with Crippen LogP contribution in [0.2, 0.25) is 0 Å². The highest BCUT2D eigenvalue weighted by Crippen LogP contribution is 2.09. The van der Waals surface area contributed by atoms with E-state index in [0.717, 1.165) is 0 Å². The van der Waals surface area contributed by atoms with Gasteiger partial charge in [0.2, 0.25) is 0 Å². The Hall–Kier alpha value is -2.16. The highest BCUT2D eigenvalue weighted by atomic mass is 19.1. The second-order valence-electron chi connectivity index (χ2n) is 3.24. The van der Waals surface area contributed by atoms with E-state index in [9.17, 15) is 9.18 Å². The maximum atomic E-state index is 12.9. The van der Waals surface area contributed by atoms with Gasteiger partial charge in [-0.05, 0) is 24.3 Å². The molecule has 2 rings (SSSR count). The predicted octanol–water partition coefficient (Wildman–Crippen LogP) is 2.88. The van der Waals surface area contributed by atoms with Crippen molar-refractivity contribution >= 4 is 11.6 Å². The molecule has 0 fully saturated rings. The van der Waals surface area contributed by atoms with Crippen molar-refractivity contribution in [2.75, 3.05) is 5.32 Å². The monoisotopic (exact) mass is 214 g/mol. The van der Waals surface area contributed by atoms with Gasteiger partial charge in [0.05, 0.1) is 0 Å². The van der Waals surface area contributed by atoms with Crippen molar-refractivity contribution in [3.05, 3.63) is 66.0 Å². The van der Waals surface area contributed by atoms with Gasteiger partial charge in [-0.1, -0.05) is 24.3 Å². The van der Waals surface area contributed by atoms with Crippen LogP contribution in [-0.2, 0) is 0 Å². The van der Waals surface area contributed by atoms with Crippen LogP contribution in [0.1, 0.15) is 10.4 Å². The number of rotatable bonds is 2. The number of hydrogen-bond acceptors (Lipinski definition) is 1. The first-order valence-electron chi connectivity index (χ1n) is 4.79. The molecule has 0 atom stereocenters. The van der Waals surface area contributed by atoms with E-state index in [-0.39, 0.29) is 11.5 Å². The number of nitrogens with one attached hydrogen (secondary N) is 1. The molecule has 0 bridgehead atoms. The van der Waals surface area contributed by atoms with E-state index in [1.54, 1.807) is 30.3 Å². The molecule has 0 unspecified atom stereocenters. The maximum absolute atomic E-state index is 12.9. The molecule has 0 heterocycles. The molecule has 1 amide bonds. The molecule has 0 saturated carbocycles. The first kappa shape index (κ1) is 10.4. The van der Waals surface area contributed by atoms with Crippen LogP contribution >= 0.6 is 0 Å². The van der Waals surface area contributed by atoms with E-state index in [1.807, 2.05) is 0 Å². The Balaban J connectivity index is 2.15. The summed E-state index contributed by atoms with van der Waals surface area (Å²) in [5.74, 6) is -0.772. The van der Waals surface area contributed by atoms with Crippen molar-refractivity contribution in [3.63, 3.8) is 0 Å². The number of para-hydroxylation sites is 1. The fraction of sp³-hybridized carbons (Fsp3) is 0. The summed E-state index contributed by atoms with van der Waals surface area (Å²) in [6.45, 7) is 0. The zero-order valence-electron chi connectivity index (χ0n) is 8.41. The molecule has 2 nitrogen and oxygen atoms in total. The first-order valence-corrected chi connectivity index (χ1v) is 4.79. The van der Waals surface area contributed by atoms with Crippen LogP contribution in [-0.4, -0.2) is 5.91 Å². The van der Waals surface area contributed by atoms with Crippen LogP contribution in [0, 0.1) is 11.9 Å². The molecule has 1 N–H and O–H groups in total. The van der Waals surface area contributed by atoms with Gasteiger partial charge < -0.3 is 5.32 Å². The number of anilines is 1. The van der Waals surface area contributed by atoms with Crippen LogP contribution in [0.3, 0.4) is 0 Å². The molecule has 79 valence electrons. The summed E-state index contributed by atoms with van der Waals surface area (Å²) in [6, 6.07) is 15.4. The van der Waals surface area contributed by atoms with Crippen LogP contribution in [0.25, 0.3) is 0 Å². The number of carbonyl (C=O) groups excluding carboxylic acids is 1. The average Bonchev–Trinajstić information content (AvgIpc) is 2.30. The number of benzene rings is 2. The third-order valence-electron chi connectivity index (χ3n) is 2.04. The lowest BCUT2D eigenvalue weighted by atomic mass is 10.2. The Morgan fingerprint density at radius 1 is 1.19 bits per heavy atom. The standard InChI is InChI=1S/C13H9FNO/c14-11-6-4-5-10(9-11)13(16)15-12-7-2-1-3-8-12/h1-7,9H,(H,15,16). The van der Waals surface area contributed by atoms with Crippen molar-refractivity contribution in [1.29, 1.82) is 0 Å². The van der Waals surface area contributed by atoms with Crippen molar-refractivity contribution in [3.8, 4) is 0 Å². The number of carbonyl (C=O) groups is 1. The van der Waals surface area contributed by atoms with Crippen LogP contribution in [0.4, 0.5) is 10.1 Å². The predicted molar refractivity (Wildman–Crippen MR) is 59.6 cm³/mol. The van der Waals surface area contributed by atoms with Crippen LogP contribution < -0.4 is 5.32 Å². The zero-order valence-corrected chi connectivity index (χ0v) is 8.41. The topological polar surface area (TPSA) is 29.1 Å². The first-order chi connectivity index (χ1) is 7.75. The molecule has 0 saturated heterocycles. The molecule has 16 heavy (non-hydrogen) atoms. The van der Waals surface area contributed by atoms with E-state index >= 15 is 0 Å². The van der Waals surface area contributed by atoms with E-state index in [4.69, 9.17) is 0 Å². The van der Waals surface area contributed by atoms with Gasteiger partial charge in [0, 0.05) is 17.3 Å². The number of amides is 1. The molecule has 0 aliphatic heterocycles. The minimum absolute atomic E-state index is 0.289. The van der Waals surface area contributed by atoms with Crippen molar-refractivity contribution < 1.29 is 9.18 Å². The minimum atomic E-state index is -0.426. The van der Waals surface area contributed by atoms with Gasteiger partial charge in [0.15, 0.2) is 0 Å². The molecule has 0 aromatic heterocycles. The minimum Gasteiger partial charge on any atom is -0.321 e. The Morgan fingerprint density at radius 3 is 2.75 bits per heavy atom. The summed E-state index contributed by atoms with van der Waals surface area (Å²) < 4.78 is 12.9. The van der Waals surface area contributed by atoms with Gasteiger partial charge in [-0.15, -0.1) is 0 Å². The Labute approximate surface area is 92.7 Å². The normalized spacial score (nSPS) is 9.81. The van der Waals surface area contributed by atoms with Crippen LogP contribution in [0.5, 0.6) is 0 Å². The second kappa shape index (κ2) is 4.57. The molecule has 3 heteroatoms. The fourth-order valence-corrected chi connectivity index (χ4v) is 1.30. The summed E-state index contributed by atoms with van der Waals surface area (Å²) in [5, 5.41) is 2.62. The molecule has 0 aliphatic rings. The van der Waals surface area contributed by atoms with Crippen molar-refractivity contribution in [2.24, 2.45) is 0 Å². The quantitative estimate of drug-likeness (QED) is 0.818. The fourth-order valence-electron chi connectivity index (χ4n) is 1.30. The van der Waals surface area contributed by atoms with Gasteiger partial charge >= 0.3 is 0 Å².